The molecule has 0 amide bonds. The van der Waals surface area contributed by atoms with Gasteiger partial charge in [0.05, 0.1) is 7.11 Å². The van der Waals surface area contributed by atoms with Crippen LogP contribution in [0, 0.1) is 0 Å². The molecule has 4 heteroatoms. The van der Waals surface area contributed by atoms with Crippen molar-refractivity contribution in [3.8, 4) is 0 Å². The van der Waals surface area contributed by atoms with Crippen LogP contribution in [0.4, 0.5) is 0 Å². The maximum absolute atomic E-state index is 10.6. The number of nitrogens with one attached hydrogen (secondary N) is 1. The Labute approximate surface area is 60.2 Å². The van der Waals surface area contributed by atoms with Crippen molar-refractivity contribution < 1.29 is 14.6 Å². The number of esters is 1. The van der Waals surface area contributed by atoms with E-state index >= 15 is 0 Å². The third kappa shape index (κ3) is 2.33. The van der Waals surface area contributed by atoms with E-state index in [2.05, 4.69) is 10.1 Å². The number of ether oxygens (including phenoxy) is 1. The lowest BCUT2D eigenvalue weighted by Gasteiger charge is -2.14. The van der Waals surface area contributed by atoms with Crippen LogP contribution in [0.3, 0.4) is 0 Å². The van der Waals surface area contributed by atoms with Crippen molar-refractivity contribution in [1.29, 1.82) is 0 Å². The Hall–Kier alpha value is -0.610. The molecule has 0 fully saturated rings. The fourth-order valence-corrected chi connectivity index (χ4v) is 0.483. The van der Waals surface area contributed by atoms with Gasteiger partial charge in [-0.3, -0.25) is 0 Å². The predicted molar refractivity (Wildman–Crippen MR) is 36.5 cm³/mol. The molecule has 0 unspecified atom stereocenters. The second kappa shape index (κ2) is 4.24. The lowest BCUT2D eigenvalue weighted by atomic mass is 10.2. The maximum Gasteiger partial charge on any atom is 0.336 e. The first-order chi connectivity index (χ1) is 4.63. The van der Waals surface area contributed by atoms with Crippen LogP contribution < -0.4 is 5.32 Å². The van der Waals surface area contributed by atoms with Crippen LogP contribution in [0.1, 0.15) is 6.92 Å². The zero-order chi connectivity index (χ0) is 8.15. The molecule has 4 nitrogen and oxygen atoms in total. The number of aliphatic hydroxyl groups excluding tert-OH is 1. The molecule has 0 heterocycles. The third-order valence-corrected chi connectivity index (χ3v) is 1.37. The van der Waals surface area contributed by atoms with Gasteiger partial charge in [0.15, 0.2) is 6.10 Å². The molecule has 0 rings (SSSR count). The van der Waals surface area contributed by atoms with E-state index in [0.717, 1.165) is 0 Å². The molecule has 0 aromatic heterocycles. The molecule has 0 aliphatic rings. The van der Waals surface area contributed by atoms with Gasteiger partial charge in [-0.25, -0.2) is 4.79 Å². The summed E-state index contributed by atoms with van der Waals surface area (Å²) in [6.45, 7) is 1.70. The number of rotatable bonds is 3. The van der Waals surface area contributed by atoms with Gasteiger partial charge in [-0.2, -0.15) is 0 Å². The minimum absolute atomic E-state index is 0.271. The topological polar surface area (TPSA) is 58.6 Å². The summed E-state index contributed by atoms with van der Waals surface area (Å²) in [6, 6.07) is -0.271. The van der Waals surface area contributed by atoms with E-state index in [1.807, 2.05) is 0 Å². The first-order valence-electron chi connectivity index (χ1n) is 3.06. The molecular formula is C6H13NO3. The summed E-state index contributed by atoms with van der Waals surface area (Å²) in [7, 11) is 2.91. The highest BCUT2D eigenvalue weighted by Gasteiger charge is 2.20. The monoisotopic (exact) mass is 147 g/mol. The van der Waals surface area contributed by atoms with Gasteiger partial charge in [0, 0.05) is 6.04 Å². The van der Waals surface area contributed by atoms with Crippen LogP contribution in [0.15, 0.2) is 0 Å². The van der Waals surface area contributed by atoms with Crippen molar-refractivity contribution in [3.63, 3.8) is 0 Å². The van der Waals surface area contributed by atoms with E-state index in [1.165, 1.54) is 7.11 Å². The molecule has 10 heavy (non-hydrogen) atoms. The van der Waals surface area contributed by atoms with Crippen molar-refractivity contribution in [1.82, 2.24) is 5.32 Å². The van der Waals surface area contributed by atoms with Gasteiger partial charge < -0.3 is 15.2 Å². The predicted octanol–water partition coefficient (Wildman–Crippen LogP) is -0.872. The maximum atomic E-state index is 10.6. The molecular weight excluding hydrogens is 134 g/mol. The molecule has 0 aliphatic heterocycles. The fraction of sp³-hybridized carbons (Fsp3) is 0.833. The van der Waals surface area contributed by atoms with Crippen LogP contribution in [0.5, 0.6) is 0 Å². The lowest BCUT2D eigenvalue weighted by Crippen LogP contribution is -2.40. The summed E-state index contributed by atoms with van der Waals surface area (Å²) in [4.78, 5) is 10.6. The van der Waals surface area contributed by atoms with E-state index in [4.69, 9.17) is 5.11 Å². The zero-order valence-corrected chi connectivity index (χ0v) is 6.42. The SMILES string of the molecule is CN[C@@H](C)[C@@H](O)C(=O)OC. The third-order valence-electron chi connectivity index (χ3n) is 1.37. The van der Waals surface area contributed by atoms with Gasteiger partial charge in [0.25, 0.3) is 0 Å². The highest BCUT2D eigenvalue weighted by atomic mass is 16.5. The van der Waals surface area contributed by atoms with Gasteiger partial charge >= 0.3 is 5.97 Å². The molecule has 0 bridgehead atoms. The number of carbonyl (C=O) groups excluding carboxylic acids is 1. The Morgan fingerprint density at radius 2 is 2.20 bits per heavy atom. The number of methoxy groups -OCH3 is 1. The van der Waals surface area contributed by atoms with E-state index in [1.54, 1.807) is 14.0 Å². The van der Waals surface area contributed by atoms with E-state index in [-0.39, 0.29) is 6.04 Å². The van der Waals surface area contributed by atoms with E-state index in [0.29, 0.717) is 0 Å². The fourth-order valence-electron chi connectivity index (χ4n) is 0.483. The van der Waals surface area contributed by atoms with Crippen LogP contribution in [0.2, 0.25) is 0 Å². The Balaban J connectivity index is 3.81. The number of aliphatic hydroxyl groups is 1. The quantitative estimate of drug-likeness (QED) is 0.509. The Kier molecular flexibility index (Phi) is 3.99. The van der Waals surface area contributed by atoms with Crippen molar-refractivity contribution in [2.45, 2.75) is 19.1 Å². The van der Waals surface area contributed by atoms with Crippen molar-refractivity contribution >= 4 is 5.97 Å². The van der Waals surface area contributed by atoms with Gasteiger partial charge in [0.1, 0.15) is 0 Å². The average molecular weight is 147 g/mol. The minimum atomic E-state index is -1.07. The number of hydrogen-bond donors (Lipinski definition) is 2. The van der Waals surface area contributed by atoms with Gasteiger partial charge in [-0.15, -0.1) is 0 Å². The minimum Gasteiger partial charge on any atom is -0.467 e. The van der Waals surface area contributed by atoms with Crippen molar-refractivity contribution in [2.75, 3.05) is 14.2 Å². The number of likely N-dealkylation sites (N-methyl/N-ethyl adjacent to an activating group) is 1. The van der Waals surface area contributed by atoms with Crippen LogP contribution >= 0.6 is 0 Å². The molecule has 0 aromatic carbocycles. The Morgan fingerprint density at radius 3 is 2.50 bits per heavy atom. The van der Waals surface area contributed by atoms with Crippen LogP contribution in [-0.4, -0.2) is 37.4 Å². The summed E-state index contributed by atoms with van der Waals surface area (Å²) in [5.41, 5.74) is 0. The van der Waals surface area contributed by atoms with Gasteiger partial charge in [-0.1, -0.05) is 0 Å². The summed E-state index contributed by atoms with van der Waals surface area (Å²) < 4.78 is 4.31. The van der Waals surface area contributed by atoms with Crippen LogP contribution in [0.25, 0.3) is 0 Å². The molecule has 60 valence electrons. The Morgan fingerprint density at radius 1 is 1.70 bits per heavy atom. The normalized spacial score (nSPS) is 16.0. The van der Waals surface area contributed by atoms with Crippen LogP contribution in [-0.2, 0) is 9.53 Å². The molecule has 0 saturated carbocycles. The van der Waals surface area contributed by atoms with Gasteiger partial charge in [-0.05, 0) is 14.0 Å². The Bertz CT molecular complexity index is 116. The second-order valence-corrected chi connectivity index (χ2v) is 2.05. The van der Waals surface area contributed by atoms with E-state index in [9.17, 15) is 4.79 Å². The number of carbonyl (C=O) groups is 1. The van der Waals surface area contributed by atoms with E-state index < -0.39 is 12.1 Å². The second-order valence-electron chi connectivity index (χ2n) is 2.05. The molecule has 0 aromatic rings. The molecule has 0 radical (unpaired) electrons. The van der Waals surface area contributed by atoms with Crippen molar-refractivity contribution in [3.05, 3.63) is 0 Å². The van der Waals surface area contributed by atoms with Crippen molar-refractivity contribution in [2.24, 2.45) is 0 Å². The first kappa shape index (κ1) is 9.39. The number of hydrogen-bond acceptors (Lipinski definition) is 4. The summed E-state index contributed by atoms with van der Waals surface area (Å²) in [5, 5.41) is 11.8. The highest BCUT2D eigenvalue weighted by molar-refractivity contribution is 5.74. The molecule has 2 atom stereocenters. The first-order valence-corrected chi connectivity index (χ1v) is 3.06. The average Bonchev–Trinajstić information content (AvgIpc) is 2.00. The summed E-state index contributed by atoms with van der Waals surface area (Å²) in [5.74, 6) is -0.609. The smallest absolute Gasteiger partial charge is 0.336 e. The molecule has 2 N–H and O–H groups in total. The van der Waals surface area contributed by atoms with Gasteiger partial charge in [0.2, 0.25) is 0 Å². The highest BCUT2D eigenvalue weighted by Crippen LogP contribution is 1.93. The largest absolute Gasteiger partial charge is 0.467 e. The molecule has 0 aliphatic carbocycles. The lowest BCUT2D eigenvalue weighted by molar-refractivity contribution is -0.151. The molecule has 0 spiro atoms. The molecule has 0 saturated heterocycles. The summed E-state index contributed by atoms with van der Waals surface area (Å²) >= 11 is 0. The zero-order valence-electron chi connectivity index (χ0n) is 6.42. The summed E-state index contributed by atoms with van der Waals surface area (Å²) in [6.07, 6.45) is -1.07. The standard InChI is InChI=1S/C6H13NO3/c1-4(7-2)5(8)6(9)10-3/h4-5,7-8H,1-3H3/t4-,5+/m0/s1.